The summed E-state index contributed by atoms with van der Waals surface area (Å²) in [6, 6.07) is 4.69. The third-order valence-electron chi connectivity index (χ3n) is 4.91. The number of carbonyl (C=O) groups is 2. The molecule has 0 saturated carbocycles. The Morgan fingerprint density at radius 2 is 2.00 bits per heavy atom. The molecule has 132 valence electrons. The Morgan fingerprint density at radius 3 is 2.85 bits per heavy atom. The molecule has 4 rings (SSSR count). The first-order chi connectivity index (χ1) is 12.5. The third kappa shape index (κ3) is 3.15. The van der Waals surface area contributed by atoms with E-state index >= 15 is 0 Å². The second kappa shape index (κ2) is 6.86. The number of nitrogens with one attached hydrogen (secondary N) is 1. The molecule has 1 atom stereocenters. The van der Waals surface area contributed by atoms with Gasteiger partial charge in [-0.3, -0.25) is 9.59 Å². The Bertz CT molecular complexity index is 941. The van der Waals surface area contributed by atoms with Gasteiger partial charge >= 0.3 is 0 Å². The molecule has 6 heteroatoms. The van der Waals surface area contributed by atoms with E-state index in [-0.39, 0.29) is 17.4 Å². The van der Waals surface area contributed by atoms with Crippen molar-refractivity contribution in [3.05, 3.63) is 68.9 Å². The van der Waals surface area contributed by atoms with Crippen molar-refractivity contribution in [2.75, 3.05) is 0 Å². The fraction of sp³-hybridized carbons (Fsp3) is 0.250. The predicted molar refractivity (Wildman–Crippen MR) is 103 cm³/mol. The Kier molecular flexibility index (Phi) is 4.55. The van der Waals surface area contributed by atoms with Crippen molar-refractivity contribution >= 4 is 40.7 Å². The van der Waals surface area contributed by atoms with E-state index in [4.69, 9.17) is 23.2 Å². The average Bonchev–Trinajstić information content (AvgIpc) is 2.64. The van der Waals surface area contributed by atoms with E-state index in [0.717, 1.165) is 37.0 Å². The van der Waals surface area contributed by atoms with Gasteiger partial charge in [0.05, 0.1) is 16.3 Å². The molecule has 2 amide bonds. The second-order valence-corrected chi connectivity index (χ2v) is 7.41. The zero-order chi connectivity index (χ0) is 18.3. The van der Waals surface area contributed by atoms with E-state index in [1.165, 1.54) is 11.6 Å². The normalized spacial score (nSPS) is 23.3. The van der Waals surface area contributed by atoms with Crippen molar-refractivity contribution in [1.82, 2.24) is 5.32 Å². The molecule has 0 aromatic heterocycles. The van der Waals surface area contributed by atoms with Crippen molar-refractivity contribution in [2.24, 2.45) is 10.9 Å². The molecule has 26 heavy (non-hydrogen) atoms. The number of hydrogen-bond donors (Lipinski definition) is 1. The van der Waals surface area contributed by atoms with Gasteiger partial charge in [-0.15, -0.1) is 0 Å². The highest BCUT2D eigenvalue weighted by atomic mass is 35.5. The average molecular weight is 387 g/mol. The topological polar surface area (TPSA) is 58.5 Å². The highest BCUT2D eigenvalue weighted by Gasteiger charge is 2.33. The van der Waals surface area contributed by atoms with Crippen LogP contribution in [0.2, 0.25) is 10.0 Å². The molecule has 1 heterocycles. The van der Waals surface area contributed by atoms with E-state index in [1.54, 1.807) is 18.2 Å². The lowest BCUT2D eigenvalue weighted by Crippen LogP contribution is -2.37. The molecule has 1 aliphatic heterocycles. The van der Waals surface area contributed by atoms with E-state index in [1.807, 2.05) is 12.2 Å². The van der Waals surface area contributed by atoms with E-state index < -0.39 is 5.91 Å². The molecule has 0 saturated heterocycles. The highest BCUT2D eigenvalue weighted by Crippen LogP contribution is 2.38. The standard InChI is InChI=1S/C20H16Cl2N2O2/c21-11-5-8-17(22)16(9-11)20(26)23-12-6-7-14-13-3-1-2-4-15(13)19(25)24-18(14)10-12/h5-10,14H,1-4H2,(H,24,25). The molecule has 1 unspecified atom stereocenters. The largest absolute Gasteiger partial charge is 0.325 e. The van der Waals surface area contributed by atoms with Crippen LogP contribution < -0.4 is 5.32 Å². The summed E-state index contributed by atoms with van der Waals surface area (Å²) in [5.41, 5.74) is 3.64. The number of nitrogens with zero attached hydrogens (tertiary/aromatic N) is 1. The van der Waals surface area contributed by atoms with E-state index in [0.29, 0.717) is 15.8 Å². The maximum absolute atomic E-state index is 12.4. The first kappa shape index (κ1) is 17.3. The number of carbonyl (C=O) groups excluding carboxylic acids is 2. The number of aliphatic imine (C=N–C) groups is 1. The van der Waals surface area contributed by atoms with Crippen molar-refractivity contribution in [1.29, 1.82) is 0 Å². The predicted octanol–water partition coefficient (Wildman–Crippen LogP) is 4.64. The Balaban J connectivity index is 1.64. The molecule has 0 spiro atoms. The van der Waals surface area contributed by atoms with Gasteiger partial charge in [0.15, 0.2) is 0 Å². The van der Waals surface area contributed by atoms with Crippen LogP contribution in [-0.4, -0.2) is 17.5 Å². The van der Waals surface area contributed by atoms with Crippen LogP contribution in [0, 0.1) is 5.92 Å². The summed E-state index contributed by atoms with van der Waals surface area (Å²) in [6.45, 7) is 0. The molecule has 0 fully saturated rings. The molecule has 4 nitrogen and oxygen atoms in total. The van der Waals surface area contributed by atoms with Gasteiger partial charge in [0, 0.05) is 22.2 Å². The Labute approximate surface area is 161 Å². The van der Waals surface area contributed by atoms with Gasteiger partial charge < -0.3 is 5.32 Å². The molecule has 0 bridgehead atoms. The molecule has 1 aromatic rings. The van der Waals surface area contributed by atoms with Gasteiger partial charge in [-0.05, 0) is 61.6 Å². The van der Waals surface area contributed by atoms with E-state index in [9.17, 15) is 9.59 Å². The summed E-state index contributed by atoms with van der Waals surface area (Å²) in [5, 5.41) is 3.68. The van der Waals surface area contributed by atoms with Crippen molar-refractivity contribution in [3.63, 3.8) is 0 Å². The zero-order valence-electron chi connectivity index (χ0n) is 13.9. The minimum absolute atomic E-state index is 0.0268. The molecular formula is C20H16Cl2N2O2. The lowest BCUT2D eigenvalue weighted by atomic mass is 9.77. The van der Waals surface area contributed by atoms with Gasteiger partial charge in [-0.1, -0.05) is 29.3 Å². The van der Waals surface area contributed by atoms with E-state index in [2.05, 4.69) is 10.3 Å². The second-order valence-electron chi connectivity index (χ2n) is 6.57. The van der Waals surface area contributed by atoms with Crippen molar-refractivity contribution < 1.29 is 9.59 Å². The quantitative estimate of drug-likeness (QED) is 0.763. The van der Waals surface area contributed by atoms with Crippen LogP contribution in [0.15, 0.2) is 58.3 Å². The summed E-state index contributed by atoms with van der Waals surface area (Å²) in [4.78, 5) is 28.9. The fourth-order valence-electron chi connectivity index (χ4n) is 3.66. The number of benzene rings is 1. The third-order valence-corrected chi connectivity index (χ3v) is 5.47. The highest BCUT2D eigenvalue weighted by molar-refractivity contribution is 6.36. The van der Waals surface area contributed by atoms with Crippen molar-refractivity contribution in [3.8, 4) is 0 Å². The number of fused-ring (bicyclic) bond motifs is 2. The minimum Gasteiger partial charge on any atom is -0.325 e. The number of allylic oxidation sites excluding steroid dienone is 3. The lowest BCUT2D eigenvalue weighted by Gasteiger charge is -2.33. The van der Waals surface area contributed by atoms with Gasteiger partial charge in [0.1, 0.15) is 0 Å². The number of halogens is 2. The summed E-state index contributed by atoms with van der Waals surface area (Å²) in [7, 11) is 0. The molecule has 1 N–H and O–H groups in total. The SMILES string of the molecule is O=C1NC2=CC(=NC(=O)c3cc(Cl)ccc3Cl)C=CC2C2=C1CCCC2. The van der Waals surface area contributed by atoms with Crippen LogP contribution >= 0.6 is 23.2 Å². The number of rotatable bonds is 1. The zero-order valence-corrected chi connectivity index (χ0v) is 15.4. The monoisotopic (exact) mass is 386 g/mol. The molecule has 1 aromatic carbocycles. The Morgan fingerprint density at radius 1 is 1.19 bits per heavy atom. The Hall–Kier alpha value is -2.17. The van der Waals surface area contributed by atoms with Crippen molar-refractivity contribution in [2.45, 2.75) is 25.7 Å². The van der Waals surface area contributed by atoms with Crippen LogP contribution in [-0.2, 0) is 4.79 Å². The minimum atomic E-state index is -0.466. The van der Waals surface area contributed by atoms with Gasteiger partial charge in [0.2, 0.25) is 0 Å². The maximum atomic E-state index is 12.4. The molecule has 2 aliphatic carbocycles. The maximum Gasteiger partial charge on any atom is 0.279 e. The van der Waals surface area contributed by atoms with Crippen LogP contribution in [0.4, 0.5) is 0 Å². The lowest BCUT2D eigenvalue weighted by molar-refractivity contribution is -0.117. The first-order valence-corrected chi connectivity index (χ1v) is 9.29. The van der Waals surface area contributed by atoms with Crippen LogP contribution in [0.1, 0.15) is 36.0 Å². The summed E-state index contributed by atoms with van der Waals surface area (Å²) in [6.07, 6.45) is 9.53. The van der Waals surface area contributed by atoms with Crippen LogP contribution in [0.3, 0.4) is 0 Å². The number of amides is 2. The summed E-state index contributed by atoms with van der Waals surface area (Å²) < 4.78 is 0. The van der Waals surface area contributed by atoms with Gasteiger partial charge in [-0.25, -0.2) is 4.99 Å². The fourth-order valence-corrected chi connectivity index (χ4v) is 4.03. The molecular weight excluding hydrogens is 371 g/mol. The van der Waals surface area contributed by atoms with Crippen LogP contribution in [0.25, 0.3) is 0 Å². The summed E-state index contributed by atoms with van der Waals surface area (Å²) >= 11 is 12.0. The number of hydrogen-bond acceptors (Lipinski definition) is 2. The van der Waals surface area contributed by atoms with Crippen LogP contribution in [0.5, 0.6) is 0 Å². The van der Waals surface area contributed by atoms with Gasteiger partial charge in [-0.2, -0.15) is 0 Å². The summed E-state index contributed by atoms with van der Waals surface area (Å²) in [5.74, 6) is -0.417. The first-order valence-electron chi connectivity index (χ1n) is 8.54. The smallest absolute Gasteiger partial charge is 0.279 e. The molecule has 3 aliphatic rings. The molecule has 0 radical (unpaired) electrons. The van der Waals surface area contributed by atoms with Gasteiger partial charge in [0.25, 0.3) is 11.8 Å².